The molecule has 2 aromatic rings. The normalized spacial score (nSPS) is 34.5. The Labute approximate surface area is 267 Å². The van der Waals surface area contributed by atoms with Crippen LogP contribution in [0.5, 0.6) is 0 Å². The predicted molar refractivity (Wildman–Crippen MR) is 170 cm³/mol. The third kappa shape index (κ3) is 5.11. The Morgan fingerprint density at radius 2 is 2.00 bits per heavy atom. The third-order valence-corrected chi connectivity index (χ3v) is 12.6. The fourth-order valence-corrected chi connectivity index (χ4v) is 10.2. The van der Waals surface area contributed by atoms with Crippen LogP contribution in [0.2, 0.25) is 0 Å². The molecule has 2 unspecified atom stereocenters. The van der Waals surface area contributed by atoms with Gasteiger partial charge >= 0.3 is 0 Å². The molecule has 0 heterocycles. The van der Waals surface area contributed by atoms with Crippen molar-refractivity contribution < 1.29 is 34.0 Å². The second kappa shape index (κ2) is 11.8. The number of ketones is 2. The summed E-state index contributed by atoms with van der Waals surface area (Å²) in [5, 5.41) is 33.6. The number of halogens is 1. The van der Waals surface area contributed by atoms with Gasteiger partial charge in [0.2, 0.25) is 0 Å². The van der Waals surface area contributed by atoms with Crippen molar-refractivity contribution in [2.45, 2.75) is 81.5 Å². The molecule has 0 aliphatic heterocycles. The first kappa shape index (κ1) is 32.1. The quantitative estimate of drug-likeness (QED) is 0.168. The molecule has 4 aliphatic rings. The predicted octanol–water partition coefficient (Wildman–Crippen LogP) is 5.60. The molecule has 45 heavy (non-hydrogen) atoms. The van der Waals surface area contributed by atoms with Gasteiger partial charge < -0.3 is 25.8 Å². The molecule has 3 saturated carbocycles. The monoisotopic (exact) mass is 635 g/mol. The third-order valence-electron chi connectivity index (χ3n) is 11.5. The molecular formula is C36H42FNO6S. The maximum atomic E-state index is 16.1. The molecule has 0 radical (unpaired) electrons. The fourth-order valence-electron chi connectivity index (χ4n) is 9.34. The van der Waals surface area contributed by atoms with Gasteiger partial charge in [0.05, 0.1) is 6.10 Å². The van der Waals surface area contributed by atoms with E-state index in [-0.39, 0.29) is 41.9 Å². The van der Waals surface area contributed by atoms with Crippen LogP contribution in [-0.2, 0) is 20.1 Å². The number of hydrogen-bond acceptors (Lipinski definition) is 8. The van der Waals surface area contributed by atoms with E-state index in [4.69, 9.17) is 10.5 Å². The fraction of sp³-hybridized carbons (Fsp3) is 0.500. The summed E-state index contributed by atoms with van der Waals surface area (Å²) < 4.78 is 22.5. The topological polar surface area (TPSA) is 130 Å². The van der Waals surface area contributed by atoms with Crippen LogP contribution in [0.3, 0.4) is 0 Å². The van der Waals surface area contributed by atoms with Crippen LogP contribution in [0.15, 0.2) is 65.1 Å². The van der Waals surface area contributed by atoms with Gasteiger partial charge in [-0.05, 0) is 92.3 Å². The highest BCUT2D eigenvalue weighted by Gasteiger charge is 2.69. The Kier molecular flexibility index (Phi) is 8.40. The van der Waals surface area contributed by atoms with E-state index in [1.165, 1.54) is 11.8 Å². The number of aliphatic hydroxyl groups is 3. The molecule has 240 valence electrons. The van der Waals surface area contributed by atoms with Gasteiger partial charge in [-0.15, -0.1) is 11.8 Å². The van der Waals surface area contributed by atoms with Crippen molar-refractivity contribution in [2.24, 2.45) is 28.6 Å². The van der Waals surface area contributed by atoms with Crippen LogP contribution in [0.1, 0.15) is 68.9 Å². The summed E-state index contributed by atoms with van der Waals surface area (Å²) >= 11 is 1.27. The maximum absolute atomic E-state index is 16.1. The first-order valence-corrected chi connectivity index (χ1v) is 16.7. The second-order valence-electron chi connectivity index (χ2n) is 13.8. The van der Waals surface area contributed by atoms with E-state index in [0.717, 1.165) is 17.6 Å². The molecule has 0 bridgehead atoms. The first-order valence-electron chi connectivity index (χ1n) is 15.7. The lowest BCUT2D eigenvalue weighted by Crippen LogP contribution is -2.62. The van der Waals surface area contributed by atoms with Crippen molar-refractivity contribution in [3.63, 3.8) is 0 Å². The summed E-state index contributed by atoms with van der Waals surface area (Å²) in [4.78, 5) is 26.2. The van der Waals surface area contributed by atoms with Crippen LogP contribution in [0.4, 0.5) is 10.1 Å². The zero-order chi connectivity index (χ0) is 32.3. The Morgan fingerprint density at radius 1 is 1.22 bits per heavy atom. The van der Waals surface area contributed by atoms with E-state index in [2.05, 4.69) is 6.92 Å². The average molecular weight is 636 g/mol. The molecule has 0 spiro atoms. The number of aryl methyl sites for hydroxylation is 1. The highest BCUT2D eigenvalue weighted by atomic mass is 32.2. The second-order valence-corrected chi connectivity index (χ2v) is 14.8. The van der Waals surface area contributed by atoms with Crippen LogP contribution >= 0.6 is 11.8 Å². The maximum Gasteiger partial charge on any atom is 0.190 e. The van der Waals surface area contributed by atoms with Gasteiger partial charge in [0, 0.05) is 38.6 Å². The Bertz CT molecular complexity index is 1590. The summed E-state index contributed by atoms with van der Waals surface area (Å²) in [5.74, 6) is -0.951. The van der Waals surface area contributed by atoms with E-state index >= 15 is 4.39 Å². The standard InChI is InChI=1S/C36H42FNO6S/c1-20-7-10-28(45-19-21-5-4-6-23(38)15-21)32(37)30(20)33(43)44-36(29(42)18-39)14-12-26-25-9-8-22-16-24(40)11-13-34(22,2)31(25)27(41)17-35(26,36)3/h4-7,10-11,13,15-16,25-27,31,33,39,41,43H,8-9,12,14,17-19,38H2,1-3H3/t25-,26?,27-,31?,33-,34-,35-,36-/m0/s1. The van der Waals surface area contributed by atoms with Gasteiger partial charge in [-0.2, -0.15) is 0 Å². The van der Waals surface area contributed by atoms with Gasteiger partial charge in [0.15, 0.2) is 17.9 Å². The van der Waals surface area contributed by atoms with E-state index in [1.807, 2.05) is 31.2 Å². The summed E-state index contributed by atoms with van der Waals surface area (Å²) in [6, 6.07) is 10.7. The molecular weight excluding hydrogens is 593 g/mol. The Balaban J connectivity index is 1.31. The smallest absolute Gasteiger partial charge is 0.190 e. The zero-order valence-corrected chi connectivity index (χ0v) is 26.8. The number of thioether (sulfide) groups is 1. The number of hydrogen-bond donors (Lipinski definition) is 4. The lowest BCUT2D eigenvalue weighted by atomic mass is 9.46. The first-order chi connectivity index (χ1) is 21.3. The van der Waals surface area contributed by atoms with Crippen molar-refractivity contribution in [1.82, 2.24) is 0 Å². The number of benzene rings is 2. The molecule has 0 aromatic heterocycles. The van der Waals surface area contributed by atoms with Crippen LogP contribution in [0, 0.1) is 41.3 Å². The highest BCUT2D eigenvalue weighted by molar-refractivity contribution is 7.98. The minimum Gasteiger partial charge on any atom is -0.399 e. The number of nitrogen functional groups attached to an aromatic ring is 1. The lowest BCUT2D eigenvalue weighted by Gasteiger charge is -2.60. The molecule has 4 aliphatic carbocycles. The lowest BCUT2D eigenvalue weighted by molar-refractivity contribution is -0.244. The van der Waals surface area contributed by atoms with E-state index < -0.39 is 47.0 Å². The molecule has 0 saturated heterocycles. The van der Waals surface area contributed by atoms with Crippen molar-refractivity contribution in [1.29, 1.82) is 0 Å². The number of ether oxygens (including phenoxy) is 1. The summed E-state index contributed by atoms with van der Waals surface area (Å²) in [5.41, 5.74) is 5.87. The van der Waals surface area contributed by atoms with Crippen LogP contribution < -0.4 is 5.73 Å². The molecule has 8 atom stereocenters. The molecule has 3 fully saturated rings. The van der Waals surface area contributed by atoms with Crippen molar-refractivity contribution in [3.05, 3.63) is 82.7 Å². The number of anilines is 1. The largest absolute Gasteiger partial charge is 0.399 e. The van der Waals surface area contributed by atoms with Crippen molar-refractivity contribution in [2.75, 3.05) is 12.3 Å². The molecule has 9 heteroatoms. The Morgan fingerprint density at radius 3 is 2.73 bits per heavy atom. The number of allylic oxidation sites excluding steroid dienone is 4. The van der Waals surface area contributed by atoms with Crippen LogP contribution in [-0.4, -0.2) is 45.2 Å². The number of Topliss-reactive ketones (excluding diaryl/α,β-unsaturated/α-hetero) is 1. The summed E-state index contributed by atoms with van der Waals surface area (Å²) in [7, 11) is 0. The average Bonchev–Trinajstić information content (AvgIpc) is 3.28. The number of fused-ring (bicyclic) bond motifs is 5. The SMILES string of the molecule is Cc1ccc(SCc2cccc(N)c2)c(F)c1[C@@H](O)O[C@]1(C(=O)CO)CCC2[C@@H]3CCC4=CC(=O)C=C[C@]4(C)C3[C@@H](O)C[C@@]21C. The zero-order valence-electron chi connectivity index (χ0n) is 26.0. The van der Waals surface area contributed by atoms with Gasteiger partial charge in [0.25, 0.3) is 0 Å². The molecule has 5 N–H and O–H groups in total. The van der Waals surface area contributed by atoms with Crippen molar-refractivity contribution >= 4 is 29.0 Å². The summed E-state index contributed by atoms with van der Waals surface area (Å²) in [6.07, 6.45) is 5.11. The number of nitrogens with two attached hydrogens (primary N) is 1. The van der Waals surface area contributed by atoms with Gasteiger partial charge in [-0.25, -0.2) is 4.39 Å². The molecule has 6 rings (SSSR count). The minimum atomic E-state index is -1.77. The van der Waals surface area contributed by atoms with E-state index in [9.17, 15) is 24.9 Å². The number of rotatable bonds is 8. The van der Waals surface area contributed by atoms with Crippen molar-refractivity contribution in [3.8, 4) is 0 Å². The Hall–Kier alpha value is -2.82. The number of aliphatic hydroxyl groups excluding tert-OH is 3. The van der Waals surface area contributed by atoms with Gasteiger partial charge in [-0.1, -0.05) is 43.7 Å². The van der Waals surface area contributed by atoms with Crippen LogP contribution in [0.25, 0.3) is 0 Å². The van der Waals surface area contributed by atoms with E-state index in [1.54, 1.807) is 37.3 Å². The highest BCUT2D eigenvalue weighted by Crippen LogP contribution is 2.68. The van der Waals surface area contributed by atoms with Gasteiger partial charge in [0.1, 0.15) is 18.0 Å². The minimum absolute atomic E-state index is 0.0260. The van der Waals surface area contributed by atoms with Gasteiger partial charge in [-0.3, -0.25) is 9.59 Å². The number of carbonyl (C=O) groups excluding carboxylic acids is 2. The molecule has 2 aromatic carbocycles. The van der Waals surface area contributed by atoms with E-state index in [0.29, 0.717) is 34.7 Å². The molecule has 0 amide bonds. The molecule has 7 nitrogen and oxygen atoms in total. The summed E-state index contributed by atoms with van der Waals surface area (Å²) in [6.45, 7) is 4.88. The number of carbonyl (C=O) groups is 2.